The number of aryl methyl sites for hydroxylation is 1. The molecule has 0 aliphatic carbocycles. The van der Waals surface area contributed by atoms with Crippen LogP contribution in [0.25, 0.3) is 0 Å². The van der Waals surface area contributed by atoms with Crippen molar-refractivity contribution in [3.05, 3.63) is 35.9 Å². The van der Waals surface area contributed by atoms with E-state index in [4.69, 9.17) is 4.74 Å². The van der Waals surface area contributed by atoms with Crippen LogP contribution in [0.3, 0.4) is 0 Å². The van der Waals surface area contributed by atoms with E-state index in [1.165, 1.54) is 4.31 Å². The number of sulfonamides is 1. The van der Waals surface area contributed by atoms with Gasteiger partial charge < -0.3 is 4.74 Å². The van der Waals surface area contributed by atoms with Crippen molar-refractivity contribution in [1.82, 2.24) is 4.31 Å². The molecule has 1 aliphatic rings. The van der Waals surface area contributed by atoms with E-state index in [2.05, 4.69) is 0 Å². The van der Waals surface area contributed by atoms with Crippen molar-refractivity contribution in [2.45, 2.75) is 26.0 Å². The van der Waals surface area contributed by atoms with Gasteiger partial charge in [-0.2, -0.15) is 4.31 Å². The molecule has 5 heteroatoms. The molecule has 1 aromatic carbocycles. The lowest BCUT2D eigenvalue weighted by Gasteiger charge is -2.32. The van der Waals surface area contributed by atoms with Crippen LogP contribution in [0.2, 0.25) is 0 Å². The first-order valence-corrected chi connectivity index (χ1v) is 7.85. The Labute approximate surface area is 109 Å². The van der Waals surface area contributed by atoms with E-state index in [9.17, 15) is 8.42 Å². The van der Waals surface area contributed by atoms with Crippen LogP contribution < -0.4 is 0 Å². The van der Waals surface area contributed by atoms with Gasteiger partial charge in [-0.25, -0.2) is 8.42 Å². The second-order valence-electron chi connectivity index (χ2n) is 4.49. The summed E-state index contributed by atoms with van der Waals surface area (Å²) < 4.78 is 31.3. The van der Waals surface area contributed by atoms with E-state index in [0.717, 1.165) is 12.0 Å². The van der Waals surface area contributed by atoms with Gasteiger partial charge in [-0.15, -0.1) is 0 Å². The molecule has 1 atom stereocenters. The van der Waals surface area contributed by atoms with Gasteiger partial charge in [0, 0.05) is 13.2 Å². The van der Waals surface area contributed by atoms with E-state index in [1.54, 1.807) is 6.92 Å². The minimum Gasteiger partial charge on any atom is -0.362 e. The van der Waals surface area contributed by atoms with Crippen molar-refractivity contribution in [2.75, 3.05) is 18.9 Å². The molecule has 1 unspecified atom stereocenters. The molecule has 0 N–H and O–H groups in total. The molecule has 1 aromatic rings. The van der Waals surface area contributed by atoms with Crippen LogP contribution in [0.1, 0.15) is 18.9 Å². The summed E-state index contributed by atoms with van der Waals surface area (Å²) in [6.45, 7) is 3.00. The lowest BCUT2D eigenvalue weighted by Crippen LogP contribution is -2.45. The standard InChI is InChI=1S/C13H19NO3S/c1-12-14(9-5-10-17-12)18(15,16)11-8-13-6-3-2-4-7-13/h2-4,6-7,12H,5,8-11H2,1H3. The fourth-order valence-corrected chi connectivity index (χ4v) is 3.76. The van der Waals surface area contributed by atoms with Gasteiger partial charge >= 0.3 is 0 Å². The molecule has 0 radical (unpaired) electrons. The van der Waals surface area contributed by atoms with Gasteiger partial charge in [-0.05, 0) is 25.3 Å². The SMILES string of the molecule is CC1OCCCN1S(=O)(=O)CCc1ccccc1. The highest BCUT2D eigenvalue weighted by atomic mass is 32.2. The van der Waals surface area contributed by atoms with Crippen LogP contribution >= 0.6 is 0 Å². The first kappa shape index (κ1) is 13.5. The monoisotopic (exact) mass is 269 g/mol. The first-order valence-electron chi connectivity index (χ1n) is 6.24. The Morgan fingerprint density at radius 3 is 2.72 bits per heavy atom. The summed E-state index contributed by atoms with van der Waals surface area (Å²) in [5, 5.41) is 0. The average molecular weight is 269 g/mol. The third-order valence-electron chi connectivity index (χ3n) is 3.14. The summed E-state index contributed by atoms with van der Waals surface area (Å²) >= 11 is 0. The van der Waals surface area contributed by atoms with Crippen molar-refractivity contribution in [1.29, 1.82) is 0 Å². The Bertz CT molecular complexity index is 472. The molecule has 100 valence electrons. The van der Waals surface area contributed by atoms with Crippen molar-refractivity contribution < 1.29 is 13.2 Å². The van der Waals surface area contributed by atoms with E-state index in [-0.39, 0.29) is 12.0 Å². The molecule has 0 aromatic heterocycles. The number of hydrogen-bond donors (Lipinski definition) is 0. The number of rotatable bonds is 4. The third-order valence-corrected chi connectivity index (χ3v) is 5.05. The first-order chi connectivity index (χ1) is 8.59. The van der Waals surface area contributed by atoms with Crippen LogP contribution in [-0.2, 0) is 21.2 Å². The molecule has 1 saturated heterocycles. The smallest absolute Gasteiger partial charge is 0.216 e. The zero-order valence-corrected chi connectivity index (χ0v) is 11.4. The van der Waals surface area contributed by atoms with Crippen molar-refractivity contribution in [2.24, 2.45) is 0 Å². The molecule has 1 aliphatic heterocycles. The Kier molecular flexibility index (Phi) is 4.37. The van der Waals surface area contributed by atoms with Crippen molar-refractivity contribution >= 4 is 10.0 Å². The summed E-state index contributed by atoms with van der Waals surface area (Å²) in [5.41, 5.74) is 1.05. The fraction of sp³-hybridized carbons (Fsp3) is 0.538. The maximum Gasteiger partial charge on any atom is 0.216 e. The van der Waals surface area contributed by atoms with Crippen LogP contribution in [0.5, 0.6) is 0 Å². The largest absolute Gasteiger partial charge is 0.362 e. The minimum atomic E-state index is -3.22. The minimum absolute atomic E-state index is 0.144. The predicted octanol–water partition coefficient (Wildman–Crippen LogP) is 1.63. The molecule has 1 fully saturated rings. The van der Waals surface area contributed by atoms with E-state index in [1.807, 2.05) is 30.3 Å². The zero-order valence-electron chi connectivity index (χ0n) is 10.6. The quantitative estimate of drug-likeness (QED) is 0.834. The zero-order chi connectivity index (χ0) is 13.0. The molecule has 2 rings (SSSR count). The highest BCUT2D eigenvalue weighted by Crippen LogP contribution is 2.16. The second kappa shape index (κ2) is 5.82. The lowest BCUT2D eigenvalue weighted by molar-refractivity contribution is -0.0410. The van der Waals surface area contributed by atoms with Gasteiger partial charge in [0.2, 0.25) is 10.0 Å². The molecule has 0 amide bonds. The highest BCUT2D eigenvalue weighted by molar-refractivity contribution is 7.89. The number of ether oxygens (including phenoxy) is 1. The Balaban J connectivity index is 1.99. The number of nitrogens with zero attached hydrogens (tertiary/aromatic N) is 1. The molecule has 0 spiro atoms. The third kappa shape index (κ3) is 3.31. The van der Waals surface area contributed by atoms with Crippen LogP contribution in [-0.4, -0.2) is 37.9 Å². The van der Waals surface area contributed by atoms with Gasteiger partial charge in [-0.1, -0.05) is 30.3 Å². The van der Waals surface area contributed by atoms with Gasteiger partial charge in [0.25, 0.3) is 0 Å². The number of hydrogen-bond acceptors (Lipinski definition) is 3. The van der Waals surface area contributed by atoms with Crippen LogP contribution in [0.15, 0.2) is 30.3 Å². The summed E-state index contributed by atoms with van der Waals surface area (Å²) in [6.07, 6.45) is 0.987. The second-order valence-corrected chi connectivity index (χ2v) is 6.53. The molecule has 4 nitrogen and oxygen atoms in total. The van der Waals surface area contributed by atoms with E-state index in [0.29, 0.717) is 19.6 Å². The maximum atomic E-state index is 12.2. The average Bonchev–Trinajstić information content (AvgIpc) is 2.38. The summed E-state index contributed by atoms with van der Waals surface area (Å²) in [6, 6.07) is 9.68. The van der Waals surface area contributed by atoms with Gasteiger partial charge in [0.15, 0.2) is 0 Å². The lowest BCUT2D eigenvalue weighted by atomic mass is 10.2. The fourth-order valence-electron chi connectivity index (χ4n) is 2.11. The molecule has 0 saturated carbocycles. The molecule has 0 bridgehead atoms. The predicted molar refractivity (Wildman–Crippen MR) is 70.7 cm³/mol. The molecular weight excluding hydrogens is 250 g/mol. The van der Waals surface area contributed by atoms with Crippen molar-refractivity contribution in [3.63, 3.8) is 0 Å². The van der Waals surface area contributed by atoms with Crippen molar-refractivity contribution in [3.8, 4) is 0 Å². The summed E-state index contributed by atoms with van der Waals surface area (Å²) in [7, 11) is -3.22. The molecular formula is C13H19NO3S. The van der Waals surface area contributed by atoms with Gasteiger partial charge in [0.05, 0.1) is 5.75 Å². The van der Waals surface area contributed by atoms with Crippen LogP contribution in [0, 0.1) is 0 Å². The highest BCUT2D eigenvalue weighted by Gasteiger charge is 2.29. The van der Waals surface area contributed by atoms with Crippen LogP contribution in [0.4, 0.5) is 0 Å². The Morgan fingerprint density at radius 2 is 2.06 bits per heavy atom. The van der Waals surface area contributed by atoms with E-state index < -0.39 is 10.0 Å². The Hall–Kier alpha value is -0.910. The molecule has 1 heterocycles. The molecule has 18 heavy (non-hydrogen) atoms. The number of benzene rings is 1. The topological polar surface area (TPSA) is 46.6 Å². The van der Waals surface area contributed by atoms with Gasteiger partial charge in [0.1, 0.15) is 6.23 Å². The normalized spacial score (nSPS) is 21.9. The van der Waals surface area contributed by atoms with E-state index >= 15 is 0 Å². The Morgan fingerprint density at radius 1 is 1.33 bits per heavy atom. The summed E-state index contributed by atoms with van der Waals surface area (Å²) in [4.78, 5) is 0. The maximum absolute atomic E-state index is 12.2. The van der Waals surface area contributed by atoms with Gasteiger partial charge in [-0.3, -0.25) is 0 Å². The summed E-state index contributed by atoms with van der Waals surface area (Å²) in [5.74, 6) is 0.144.